The normalized spacial score (nSPS) is 16.1. The molecule has 0 aliphatic heterocycles. The number of allylic oxidation sites excluding steroid dienone is 5. The van der Waals surface area contributed by atoms with Crippen molar-refractivity contribution >= 4 is 65.0 Å². The molecule has 0 fully saturated rings. The zero-order chi connectivity index (χ0) is 32.3. The Balaban J connectivity index is 1.77. The fraction of sp³-hybridized carbons (Fsp3) is 0.419. The number of hydrogen-bond donors (Lipinski definition) is 1. The van der Waals surface area contributed by atoms with Gasteiger partial charge >= 0.3 is 5.56 Å². The fourth-order valence-corrected chi connectivity index (χ4v) is 6.65. The van der Waals surface area contributed by atoms with Gasteiger partial charge in [0.05, 0.1) is 28.5 Å². The summed E-state index contributed by atoms with van der Waals surface area (Å²) in [6.45, 7) is 6.72. The number of carbonyl (C=O) groups is 2. The van der Waals surface area contributed by atoms with Crippen LogP contribution in [0.4, 0.5) is 5.95 Å². The molecule has 44 heavy (non-hydrogen) atoms. The van der Waals surface area contributed by atoms with E-state index < -0.39 is 16.2 Å². The van der Waals surface area contributed by atoms with Crippen molar-refractivity contribution in [2.75, 3.05) is 43.1 Å². The van der Waals surface area contributed by atoms with E-state index in [9.17, 15) is 19.5 Å². The summed E-state index contributed by atoms with van der Waals surface area (Å²) in [5.41, 5.74) is -0.549. The van der Waals surface area contributed by atoms with Crippen LogP contribution in [0.2, 0.25) is 0 Å². The number of rotatable bonds is 16. The molecule has 1 aromatic carbocycles. The number of hydrogen-bond acceptors (Lipinski definition) is 8. The van der Waals surface area contributed by atoms with Gasteiger partial charge in [0.2, 0.25) is 24.0 Å². The van der Waals surface area contributed by atoms with Crippen molar-refractivity contribution in [2.45, 2.75) is 49.9 Å². The number of thioether (sulfide) groups is 2. The van der Waals surface area contributed by atoms with E-state index in [2.05, 4.69) is 4.98 Å². The smallest absolute Gasteiger partial charge is 0.316 e. The number of anilines is 1. The number of benzene rings is 1. The lowest BCUT2D eigenvalue weighted by molar-refractivity contribution is -0.118. The predicted molar refractivity (Wildman–Crippen MR) is 181 cm³/mol. The average molecular weight is 682 g/mol. The number of alkyl halides is 1. The van der Waals surface area contributed by atoms with Crippen molar-refractivity contribution in [1.82, 2.24) is 14.5 Å². The van der Waals surface area contributed by atoms with Crippen molar-refractivity contribution in [1.29, 1.82) is 0 Å². The minimum Gasteiger partial charge on any atom is -0.502 e. The Morgan fingerprint density at radius 3 is 2.59 bits per heavy atom. The van der Waals surface area contributed by atoms with Gasteiger partial charge in [-0.05, 0) is 56.7 Å². The Hall–Kier alpha value is -2.86. The number of carbonyl (C=O) groups excluding carboxylic acids is 2. The SMILES string of the molecule is CCCCN(C(=O)CSC1=CC=CC(C)(Cl)C=C1Cl)c1nc(=O)c(O)c(C)n1CCN(C=O)CCSc1ccc(OC)cc1. The lowest BCUT2D eigenvalue weighted by atomic mass is 10.1. The van der Waals surface area contributed by atoms with Crippen molar-refractivity contribution in [3.63, 3.8) is 0 Å². The molecule has 3 rings (SSSR count). The molecule has 1 aliphatic carbocycles. The average Bonchev–Trinajstić information content (AvgIpc) is 3.13. The zero-order valence-corrected chi connectivity index (χ0v) is 28.4. The van der Waals surface area contributed by atoms with Gasteiger partial charge in [0.25, 0.3) is 0 Å². The first-order valence-electron chi connectivity index (χ1n) is 14.2. The maximum atomic E-state index is 13.7. The summed E-state index contributed by atoms with van der Waals surface area (Å²) >= 11 is 15.8. The van der Waals surface area contributed by atoms with E-state index in [1.54, 1.807) is 53.5 Å². The maximum Gasteiger partial charge on any atom is 0.316 e. The van der Waals surface area contributed by atoms with Crippen LogP contribution in [0.25, 0.3) is 0 Å². The second-order valence-electron chi connectivity index (χ2n) is 10.2. The molecule has 2 aromatic rings. The summed E-state index contributed by atoms with van der Waals surface area (Å²) in [5, 5.41) is 10.9. The quantitative estimate of drug-likeness (QED) is 0.132. The molecule has 1 atom stereocenters. The summed E-state index contributed by atoms with van der Waals surface area (Å²) in [7, 11) is 1.62. The first-order valence-corrected chi connectivity index (χ1v) is 16.9. The maximum absolute atomic E-state index is 13.7. The molecule has 0 saturated carbocycles. The van der Waals surface area contributed by atoms with Gasteiger partial charge in [-0.25, -0.2) is 0 Å². The third kappa shape index (κ3) is 10.1. The van der Waals surface area contributed by atoms with Crippen molar-refractivity contribution in [2.24, 2.45) is 0 Å². The molecule has 1 aliphatic rings. The molecule has 0 saturated heterocycles. The van der Waals surface area contributed by atoms with Crippen molar-refractivity contribution in [3.8, 4) is 11.5 Å². The Kier molecular flexibility index (Phi) is 13.8. The molecule has 9 nitrogen and oxygen atoms in total. The minimum absolute atomic E-state index is 0.0330. The molecule has 1 aromatic heterocycles. The van der Waals surface area contributed by atoms with E-state index in [1.807, 2.05) is 44.2 Å². The summed E-state index contributed by atoms with van der Waals surface area (Å²) in [6.07, 6.45) is 9.39. The minimum atomic E-state index is -0.817. The molecule has 0 radical (unpaired) electrons. The van der Waals surface area contributed by atoms with E-state index in [-0.39, 0.29) is 36.4 Å². The lowest BCUT2D eigenvalue weighted by Gasteiger charge is -2.27. The van der Waals surface area contributed by atoms with Gasteiger partial charge in [0.15, 0.2) is 0 Å². The summed E-state index contributed by atoms with van der Waals surface area (Å²) in [6, 6.07) is 7.69. The Morgan fingerprint density at radius 1 is 1.20 bits per heavy atom. The number of aromatic hydroxyl groups is 1. The van der Waals surface area contributed by atoms with Crippen LogP contribution in [-0.2, 0) is 16.1 Å². The van der Waals surface area contributed by atoms with E-state index in [0.717, 1.165) is 23.5 Å². The number of aromatic nitrogens is 2. The Bertz CT molecular complexity index is 1460. The highest BCUT2D eigenvalue weighted by Crippen LogP contribution is 2.34. The van der Waals surface area contributed by atoms with E-state index >= 15 is 0 Å². The summed E-state index contributed by atoms with van der Waals surface area (Å²) in [4.78, 5) is 46.4. The molecular formula is C31H38Cl2N4O5S2. The third-order valence-corrected chi connectivity index (χ3v) is 9.51. The fourth-order valence-electron chi connectivity index (χ4n) is 4.27. The summed E-state index contributed by atoms with van der Waals surface area (Å²) < 4.78 is 6.82. The number of methoxy groups -OCH3 is 1. The van der Waals surface area contributed by atoms with Gasteiger partial charge in [0, 0.05) is 41.7 Å². The van der Waals surface area contributed by atoms with Crippen LogP contribution in [0.3, 0.4) is 0 Å². The number of nitrogens with zero attached hydrogens (tertiary/aromatic N) is 4. The third-order valence-electron chi connectivity index (χ3n) is 6.80. The van der Waals surface area contributed by atoms with Gasteiger partial charge in [-0.1, -0.05) is 37.1 Å². The molecule has 238 valence electrons. The molecule has 13 heteroatoms. The van der Waals surface area contributed by atoms with E-state index in [0.29, 0.717) is 35.2 Å². The highest BCUT2D eigenvalue weighted by molar-refractivity contribution is 8.04. The molecule has 0 spiro atoms. The molecule has 1 N–H and O–H groups in total. The second kappa shape index (κ2) is 17.0. The van der Waals surface area contributed by atoms with Crippen molar-refractivity contribution in [3.05, 3.63) is 74.6 Å². The number of unbranched alkanes of at least 4 members (excludes halogenated alkanes) is 1. The van der Waals surface area contributed by atoms with Gasteiger partial charge in [-0.3, -0.25) is 19.3 Å². The van der Waals surface area contributed by atoms with E-state index in [4.69, 9.17) is 27.9 Å². The number of amides is 2. The monoisotopic (exact) mass is 680 g/mol. The lowest BCUT2D eigenvalue weighted by Crippen LogP contribution is -2.39. The predicted octanol–water partition coefficient (Wildman–Crippen LogP) is 5.96. The highest BCUT2D eigenvalue weighted by Gasteiger charge is 2.25. The van der Waals surface area contributed by atoms with Crippen LogP contribution in [0.5, 0.6) is 11.5 Å². The Morgan fingerprint density at radius 2 is 1.93 bits per heavy atom. The molecule has 0 bridgehead atoms. The molecule has 2 amide bonds. The first-order chi connectivity index (χ1) is 21.0. The van der Waals surface area contributed by atoms with E-state index in [1.165, 1.54) is 16.7 Å². The molecular weight excluding hydrogens is 643 g/mol. The van der Waals surface area contributed by atoms with Crippen LogP contribution in [-0.4, -0.2) is 75.0 Å². The van der Waals surface area contributed by atoms with Crippen LogP contribution >= 0.6 is 46.7 Å². The van der Waals surface area contributed by atoms with Crippen LogP contribution in [0, 0.1) is 6.92 Å². The number of halogens is 2. The largest absolute Gasteiger partial charge is 0.502 e. The number of ether oxygens (including phenoxy) is 1. The van der Waals surface area contributed by atoms with Crippen LogP contribution in [0.1, 0.15) is 32.4 Å². The van der Waals surface area contributed by atoms with Gasteiger partial charge in [-0.15, -0.1) is 35.1 Å². The second-order valence-corrected chi connectivity index (χ2v) is 13.6. The van der Waals surface area contributed by atoms with Crippen molar-refractivity contribution < 1.29 is 19.4 Å². The molecule has 1 heterocycles. The van der Waals surface area contributed by atoms with Gasteiger partial charge in [-0.2, -0.15) is 4.98 Å². The highest BCUT2D eigenvalue weighted by atomic mass is 35.5. The Labute approximate surface area is 276 Å². The van der Waals surface area contributed by atoms with Gasteiger partial charge in [0.1, 0.15) is 5.75 Å². The van der Waals surface area contributed by atoms with Gasteiger partial charge < -0.3 is 19.3 Å². The molecule has 1 unspecified atom stereocenters. The standard InChI is InChI=1S/C31H38Cl2N4O5S2/c1-5-6-14-37(27(39)20-44-26-8-7-13-31(3,33)19-25(26)32)30-34-29(41)28(40)22(2)36(30)16-15-35(21-38)17-18-43-24-11-9-23(42-4)10-12-24/h7-13,19,21,40H,5-6,14-18,20H2,1-4H3. The van der Waals surface area contributed by atoms with Crippen LogP contribution in [0.15, 0.2) is 68.2 Å². The zero-order valence-electron chi connectivity index (χ0n) is 25.3. The topological polar surface area (TPSA) is 105 Å². The summed E-state index contributed by atoms with van der Waals surface area (Å²) in [5.74, 6) is 0.836. The first kappa shape index (κ1) is 35.6. The van der Waals surface area contributed by atoms with Crippen LogP contribution < -0.4 is 15.2 Å².